The monoisotopic (exact) mass is 224 g/mol. The Bertz CT molecular complexity index is 377. The van der Waals surface area contributed by atoms with Gasteiger partial charge in [0, 0.05) is 19.3 Å². The molecule has 0 aromatic heterocycles. The second kappa shape index (κ2) is 2.86. The maximum atomic E-state index is 11.8. The number of hydrogen-bond donors (Lipinski definition) is 0. The van der Waals surface area contributed by atoms with Gasteiger partial charge in [-0.2, -0.15) is 0 Å². The van der Waals surface area contributed by atoms with E-state index in [0.717, 1.165) is 6.42 Å². The number of carbonyl (C=O) groups excluding carboxylic acids is 2. The molecule has 2 heterocycles. The van der Waals surface area contributed by atoms with E-state index >= 15 is 0 Å². The zero-order chi connectivity index (χ0) is 11.6. The van der Waals surface area contributed by atoms with Gasteiger partial charge >= 0.3 is 5.97 Å². The van der Waals surface area contributed by atoms with Crippen LogP contribution in [0.3, 0.4) is 0 Å². The normalized spacial score (nSPS) is 51.1. The Morgan fingerprint density at radius 3 is 2.69 bits per heavy atom. The van der Waals surface area contributed by atoms with E-state index in [1.807, 2.05) is 6.92 Å². The SMILES string of the molecule is C[C@@H]1CCC(=O)[C@H]2O[C@@]2(C)[C@@]12CCC(=O)O2. The summed E-state index contributed by atoms with van der Waals surface area (Å²) in [5.41, 5.74) is -1.12. The second-order valence-electron chi connectivity index (χ2n) is 5.37. The molecule has 4 heteroatoms. The number of epoxide rings is 1. The van der Waals surface area contributed by atoms with Crippen LogP contribution in [0.4, 0.5) is 0 Å². The summed E-state index contributed by atoms with van der Waals surface area (Å²) in [7, 11) is 0. The highest BCUT2D eigenvalue weighted by atomic mass is 16.7. The number of carbonyl (C=O) groups is 2. The molecule has 4 atom stereocenters. The Morgan fingerprint density at radius 2 is 2.06 bits per heavy atom. The van der Waals surface area contributed by atoms with Gasteiger partial charge in [-0.25, -0.2) is 0 Å². The zero-order valence-corrected chi connectivity index (χ0v) is 9.62. The van der Waals surface area contributed by atoms with Crippen molar-refractivity contribution in [1.82, 2.24) is 0 Å². The Hall–Kier alpha value is -0.900. The van der Waals surface area contributed by atoms with Crippen LogP contribution in [0, 0.1) is 5.92 Å². The molecule has 1 saturated carbocycles. The van der Waals surface area contributed by atoms with Crippen LogP contribution in [0.1, 0.15) is 39.5 Å². The van der Waals surface area contributed by atoms with Crippen LogP contribution >= 0.6 is 0 Å². The molecule has 0 radical (unpaired) electrons. The van der Waals surface area contributed by atoms with E-state index < -0.39 is 11.2 Å². The highest BCUT2D eigenvalue weighted by Crippen LogP contribution is 2.58. The molecule has 0 amide bonds. The number of esters is 1. The van der Waals surface area contributed by atoms with Gasteiger partial charge in [0.1, 0.15) is 17.3 Å². The largest absolute Gasteiger partial charge is 0.456 e. The molecule has 3 aliphatic rings. The molecular formula is C12H16O4. The van der Waals surface area contributed by atoms with Crippen molar-refractivity contribution in [2.45, 2.75) is 56.8 Å². The first kappa shape index (κ1) is 10.3. The van der Waals surface area contributed by atoms with Gasteiger partial charge < -0.3 is 9.47 Å². The van der Waals surface area contributed by atoms with Crippen molar-refractivity contribution in [3.63, 3.8) is 0 Å². The smallest absolute Gasteiger partial charge is 0.306 e. The minimum Gasteiger partial charge on any atom is -0.456 e. The van der Waals surface area contributed by atoms with Gasteiger partial charge in [0.15, 0.2) is 5.78 Å². The third-order valence-electron chi connectivity index (χ3n) is 4.55. The third-order valence-corrected chi connectivity index (χ3v) is 4.55. The summed E-state index contributed by atoms with van der Waals surface area (Å²) in [6.45, 7) is 3.97. The van der Waals surface area contributed by atoms with E-state index in [1.54, 1.807) is 0 Å². The first-order valence-corrected chi connectivity index (χ1v) is 5.92. The summed E-state index contributed by atoms with van der Waals surface area (Å²) in [5.74, 6) is 0.200. The highest BCUT2D eigenvalue weighted by Gasteiger charge is 2.74. The van der Waals surface area contributed by atoms with Crippen LogP contribution < -0.4 is 0 Å². The lowest BCUT2D eigenvalue weighted by Crippen LogP contribution is -2.49. The topological polar surface area (TPSA) is 55.9 Å². The van der Waals surface area contributed by atoms with Crippen LogP contribution in [0.2, 0.25) is 0 Å². The van der Waals surface area contributed by atoms with Crippen molar-refractivity contribution in [3.8, 4) is 0 Å². The van der Waals surface area contributed by atoms with E-state index in [1.165, 1.54) is 0 Å². The third kappa shape index (κ3) is 1.03. The van der Waals surface area contributed by atoms with Crippen LogP contribution in [0.5, 0.6) is 0 Å². The molecule has 88 valence electrons. The van der Waals surface area contributed by atoms with E-state index in [9.17, 15) is 9.59 Å². The summed E-state index contributed by atoms with van der Waals surface area (Å²) >= 11 is 0. The minimum absolute atomic E-state index is 0.156. The van der Waals surface area contributed by atoms with Gasteiger partial charge in [0.05, 0.1) is 0 Å². The molecule has 1 spiro atoms. The van der Waals surface area contributed by atoms with Gasteiger partial charge in [-0.05, 0) is 19.3 Å². The Kier molecular flexibility index (Phi) is 1.83. The lowest BCUT2D eigenvalue weighted by molar-refractivity contribution is -0.160. The number of hydrogen-bond acceptors (Lipinski definition) is 4. The summed E-state index contributed by atoms with van der Waals surface area (Å²) in [4.78, 5) is 23.2. The fourth-order valence-corrected chi connectivity index (χ4v) is 3.41. The minimum atomic E-state index is -0.563. The molecule has 2 saturated heterocycles. The van der Waals surface area contributed by atoms with Crippen molar-refractivity contribution >= 4 is 11.8 Å². The summed E-state index contributed by atoms with van der Waals surface area (Å²) in [6, 6.07) is 0. The lowest BCUT2D eigenvalue weighted by atomic mass is 9.75. The van der Waals surface area contributed by atoms with E-state index in [0.29, 0.717) is 19.3 Å². The molecule has 16 heavy (non-hydrogen) atoms. The van der Waals surface area contributed by atoms with Crippen molar-refractivity contribution in [1.29, 1.82) is 0 Å². The van der Waals surface area contributed by atoms with E-state index in [4.69, 9.17) is 9.47 Å². The van der Waals surface area contributed by atoms with Crippen molar-refractivity contribution < 1.29 is 19.1 Å². The van der Waals surface area contributed by atoms with E-state index in [-0.39, 0.29) is 23.8 Å². The fourth-order valence-electron chi connectivity index (χ4n) is 3.41. The van der Waals surface area contributed by atoms with E-state index in [2.05, 4.69) is 6.92 Å². The first-order valence-electron chi connectivity index (χ1n) is 5.92. The number of rotatable bonds is 0. The van der Waals surface area contributed by atoms with Gasteiger partial charge in [-0.1, -0.05) is 6.92 Å². The molecular weight excluding hydrogens is 208 g/mol. The molecule has 0 unspecified atom stereocenters. The quantitative estimate of drug-likeness (QED) is 0.458. The molecule has 3 fully saturated rings. The molecule has 4 nitrogen and oxygen atoms in total. The average molecular weight is 224 g/mol. The van der Waals surface area contributed by atoms with Gasteiger partial charge in [0.2, 0.25) is 0 Å². The molecule has 2 aliphatic heterocycles. The molecule has 0 aromatic carbocycles. The number of fused-ring (bicyclic) bond motifs is 2. The molecule has 3 rings (SSSR count). The fraction of sp³-hybridized carbons (Fsp3) is 0.833. The van der Waals surface area contributed by atoms with Crippen molar-refractivity contribution in [2.75, 3.05) is 0 Å². The number of ketones is 1. The predicted octanol–water partition coefficient (Wildman–Crippen LogP) is 1.22. The van der Waals surface area contributed by atoms with Gasteiger partial charge in [-0.15, -0.1) is 0 Å². The highest BCUT2D eigenvalue weighted by molar-refractivity contribution is 5.88. The van der Waals surface area contributed by atoms with Crippen LogP contribution in [0.15, 0.2) is 0 Å². The van der Waals surface area contributed by atoms with Gasteiger partial charge in [-0.3, -0.25) is 9.59 Å². The standard InChI is InChI=1S/C12H16O4/c1-7-3-4-8(13)10-11(2,16-10)12(7)6-5-9(14)15-12/h7,10H,3-6H2,1-2H3/t7-,10-,11-,12-/m1/s1. The second-order valence-corrected chi connectivity index (χ2v) is 5.37. The predicted molar refractivity (Wildman–Crippen MR) is 54.7 cm³/mol. The maximum absolute atomic E-state index is 11.8. The number of Topliss-reactive ketones (excluding diaryl/α,β-unsaturated/α-hetero) is 1. The van der Waals surface area contributed by atoms with Crippen LogP contribution in [-0.2, 0) is 19.1 Å². The van der Waals surface area contributed by atoms with Gasteiger partial charge in [0.25, 0.3) is 0 Å². The summed E-state index contributed by atoms with van der Waals surface area (Å²) in [6.07, 6.45) is 2.13. The Balaban J connectivity index is 2.02. The Morgan fingerprint density at radius 1 is 1.31 bits per heavy atom. The van der Waals surface area contributed by atoms with Crippen molar-refractivity contribution in [2.24, 2.45) is 5.92 Å². The van der Waals surface area contributed by atoms with Crippen LogP contribution in [0.25, 0.3) is 0 Å². The number of ether oxygens (including phenoxy) is 2. The lowest BCUT2D eigenvalue weighted by Gasteiger charge is -2.36. The zero-order valence-electron chi connectivity index (χ0n) is 9.62. The maximum Gasteiger partial charge on any atom is 0.306 e. The van der Waals surface area contributed by atoms with Crippen molar-refractivity contribution in [3.05, 3.63) is 0 Å². The van der Waals surface area contributed by atoms with Crippen LogP contribution in [-0.4, -0.2) is 29.1 Å². The summed E-state index contributed by atoms with van der Waals surface area (Å²) in [5, 5.41) is 0. The molecule has 0 aromatic rings. The Labute approximate surface area is 94.3 Å². The summed E-state index contributed by atoms with van der Waals surface area (Å²) < 4.78 is 11.2. The molecule has 0 bridgehead atoms. The molecule has 0 N–H and O–H groups in total. The average Bonchev–Trinajstić information content (AvgIpc) is 2.78. The molecule has 1 aliphatic carbocycles. The first-order chi connectivity index (χ1) is 7.49.